The summed E-state index contributed by atoms with van der Waals surface area (Å²) in [6.45, 7) is 10.2. The number of ether oxygens (including phenoxy) is 2. The zero-order valence-electron chi connectivity index (χ0n) is 25.5. The van der Waals surface area contributed by atoms with Crippen molar-refractivity contribution in [1.82, 2.24) is 9.88 Å². The summed E-state index contributed by atoms with van der Waals surface area (Å²) in [5.41, 5.74) is 7.66. The van der Waals surface area contributed by atoms with Crippen LogP contribution in [0.15, 0.2) is 72.0 Å². The minimum atomic E-state index is -0.685. The number of carboxylic acid groups (broad SMARTS) is 1. The second-order valence-electron chi connectivity index (χ2n) is 11.1. The number of carbonyl (C=O) groups is 3. The summed E-state index contributed by atoms with van der Waals surface area (Å²) in [6.07, 6.45) is 4.78. The fourth-order valence-electron chi connectivity index (χ4n) is 4.11. The minimum Gasteiger partial charge on any atom is -0.497 e. The van der Waals surface area contributed by atoms with Crippen LogP contribution in [0, 0.1) is 11.8 Å². The quantitative estimate of drug-likeness (QED) is 0.279. The number of nitrogens with one attached hydrogen (secondary N) is 1. The van der Waals surface area contributed by atoms with Crippen molar-refractivity contribution in [3.05, 3.63) is 77.5 Å². The molecule has 2 fully saturated rings. The number of primary amides is 1. The third kappa shape index (κ3) is 11.1. The van der Waals surface area contributed by atoms with Gasteiger partial charge in [0.25, 0.3) is 0 Å². The van der Waals surface area contributed by atoms with Gasteiger partial charge in [0.15, 0.2) is 5.43 Å². The third-order valence-corrected chi connectivity index (χ3v) is 6.95. The number of hydrogen-bond donors (Lipinski definition) is 3. The van der Waals surface area contributed by atoms with E-state index in [0.717, 1.165) is 35.4 Å². The van der Waals surface area contributed by atoms with Crippen LogP contribution >= 0.6 is 0 Å². The molecular formula is C33H43N3O7. The minimum absolute atomic E-state index is 0.00950. The van der Waals surface area contributed by atoms with Gasteiger partial charge in [-0.3, -0.25) is 19.2 Å². The van der Waals surface area contributed by atoms with Crippen molar-refractivity contribution >= 4 is 29.2 Å². The number of methoxy groups -OCH3 is 2. The standard InChI is InChI=1S/C16H13NO2.C6H10N2O2.C6H8O2.C5H12O/c1-19-12-7-8-13-15(9-12)17-14(10-16(13)18)11-5-3-2-4-6-11;7-6(10)5-2-1-3-8(5)4-9;1-2-4-3-5(4)6(7)8;1-5(2,3)6-4/h2-10H,1H3,(H,17,18);4-5H,1-3H2,(H2,7,10);2,4-5H,1,3H2,(H,7,8);1-4H3. The molecule has 1 aliphatic heterocycles. The number of carboxylic acids is 1. The van der Waals surface area contributed by atoms with E-state index in [1.54, 1.807) is 38.5 Å². The highest BCUT2D eigenvalue weighted by Gasteiger charge is 2.40. The van der Waals surface area contributed by atoms with E-state index in [2.05, 4.69) is 11.6 Å². The van der Waals surface area contributed by atoms with Gasteiger partial charge in [-0.25, -0.2) is 0 Å². The monoisotopic (exact) mass is 593 g/mol. The number of fused-ring (bicyclic) bond motifs is 1. The number of rotatable bonds is 6. The van der Waals surface area contributed by atoms with Crippen LogP contribution in [0.3, 0.4) is 0 Å². The van der Waals surface area contributed by atoms with Gasteiger partial charge in [-0.2, -0.15) is 0 Å². The molecule has 2 heterocycles. The van der Waals surface area contributed by atoms with Crippen LogP contribution < -0.4 is 15.9 Å². The Morgan fingerprint density at radius 3 is 2.21 bits per heavy atom. The molecule has 1 aromatic heterocycles. The first-order chi connectivity index (χ1) is 20.3. The van der Waals surface area contributed by atoms with Gasteiger partial charge in [0.1, 0.15) is 11.8 Å². The summed E-state index contributed by atoms with van der Waals surface area (Å²) in [5.74, 6) is -0.215. The molecule has 2 aliphatic rings. The van der Waals surface area contributed by atoms with Gasteiger partial charge in [0, 0.05) is 36.9 Å². The molecule has 4 N–H and O–H groups in total. The number of pyridine rings is 1. The van der Waals surface area contributed by atoms with Crippen molar-refractivity contribution in [1.29, 1.82) is 0 Å². The van der Waals surface area contributed by atoms with Crippen LogP contribution in [-0.4, -0.2) is 65.7 Å². The van der Waals surface area contributed by atoms with E-state index in [4.69, 9.17) is 20.3 Å². The number of aromatic nitrogens is 1. The molecule has 1 saturated carbocycles. The lowest BCUT2D eigenvalue weighted by Gasteiger charge is -2.15. The van der Waals surface area contributed by atoms with Gasteiger partial charge >= 0.3 is 5.97 Å². The Kier molecular flexibility index (Phi) is 13.1. The third-order valence-electron chi connectivity index (χ3n) is 6.95. The van der Waals surface area contributed by atoms with Gasteiger partial charge in [-0.1, -0.05) is 36.4 Å². The molecule has 10 heteroatoms. The average molecular weight is 594 g/mol. The molecule has 0 bridgehead atoms. The number of amides is 2. The lowest BCUT2D eigenvalue weighted by Crippen LogP contribution is -2.39. The molecule has 3 aromatic rings. The van der Waals surface area contributed by atoms with Crippen LogP contribution in [-0.2, 0) is 19.1 Å². The summed E-state index contributed by atoms with van der Waals surface area (Å²) in [7, 11) is 3.32. The van der Waals surface area contributed by atoms with Gasteiger partial charge < -0.3 is 30.2 Å². The van der Waals surface area contributed by atoms with Gasteiger partial charge in [-0.05, 0) is 63.6 Å². The molecule has 0 spiro atoms. The van der Waals surface area contributed by atoms with E-state index in [0.29, 0.717) is 24.8 Å². The van der Waals surface area contributed by atoms with E-state index in [-0.39, 0.29) is 28.9 Å². The van der Waals surface area contributed by atoms with Crippen LogP contribution in [0.5, 0.6) is 5.75 Å². The second-order valence-corrected chi connectivity index (χ2v) is 11.1. The molecule has 43 heavy (non-hydrogen) atoms. The first-order valence-electron chi connectivity index (χ1n) is 14.0. The summed E-state index contributed by atoms with van der Waals surface area (Å²) in [4.78, 5) is 47.8. The average Bonchev–Trinajstić information content (AvgIpc) is 3.64. The van der Waals surface area contributed by atoms with E-state index in [1.807, 2.05) is 57.2 Å². The van der Waals surface area contributed by atoms with Gasteiger partial charge in [-0.15, -0.1) is 6.58 Å². The fourth-order valence-corrected chi connectivity index (χ4v) is 4.11. The number of carbonyl (C=O) groups excluding carboxylic acids is 2. The van der Waals surface area contributed by atoms with Crippen molar-refractivity contribution in [2.24, 2.45) is 17.6 Å². The van der Waals surface area contributed by atoms with Gasteiger partial charge in [0.2, 0.25) is 12.3 Å². The van der Waals surface area contributed by atoms with E-state index >= 15 is 0 Å². The maximum atomic E-state index is 12.1. The Balaban J connectivity index is 0.000000226. The number of benzene rings is 2. The Bertz CT molecular complexity index is 1430. The Morgan fingerprint density at radius 2 is 1.77 bits per heavy atom. The number of H-pyrrole nitrogens is 1. The fraction of sp³-hybridized carbons (Fsp3) is 0.394. The molecule has 232 valence electrons. The molecular weight excluding hydrogens is 550 g/mol. The zero-order chi connectivity index (χ0) is 32.2. The Labute approximate surface area is 252 Å². The van der Waals surface area contributed by atoms with Crippen molar-refractivity contribution < 1.29 is 29.0 Å². The number of likely N-dealkylation sites (tertiary alicyclic amines) is 1. The predicted molar refractivity (Wildman–Crippen MR) is 168 cm³/mol. The second kappa shape index (κ2) is 16.3. The van der Waals surface area contributed by atoms with Crippen molar-refractivity contribution in [2.75, 3.05) is 20.8 Å². The molecule has 10 nitrogen and oxygen atoms in total. The van der Waals surface area contributed by atoms with Gasteiger partial charge in [0.05, 0.1) is 24.1 Å². The van der Waals surface area contributed by atoms with Crippen LogP contribution in [0.4, 0.5) is 0 Å². The van der Waals surface area contributed by atoms with Crippen LogP contribution in [0.2, 0.25) is 0 Å². The molecule has 2 aromatic carbocycles. The highest BCUT2D eigenvalue weighted by molar-refractivity contribution is 5.83. The highest BCUT2D eigenvalue weighted by Crippen LogP contribution is 2.39. The summed E-state index contributed by atoms with van der Waals surface area (Å²) in [6, 6.07) is 16.5. The maximum Gasteiger partial charge on any atom is 0.307 e. The molecule has 3 unspecified atom stereocenters. The lowest BCUT2D eigenvalue weighted by molar-refractivity contribution is -0.138. The molecule has 3 atom stereocenters. The maximum absolute atomic E-state index is 12.1. The molecule has 2 amide bonds. The Morgan fingerprint density at radius 1 is 1.12 bits per heavy atom. The summed E-state index contributed by atoms with van der Waals surface area (Å²) < 4.78 is 10.1. The van der Waals surface area contributed by atoms with Crippen LogP contribution in [0.25, 0.3) is 22.2 Å². The smallest absolute Gasteiger partial charge is 0.307 e. The molecule has 0 radical (unpaired) electrons. The lowest BCUT2D eigenvalue weighted by atomic mass is 10.1. The topological polar surface area (TPSA) is 152 Å². The highest BCUT2D eigenvalue weighted by atomic mass is 16.5. The number of allylic oxidation sites excluding steroid dienone is 1. The van der Waals surface area contributed by atoms with Crippen LogP contribution in [0.1, 0.15) is 40.0 Å². The number of aromatic amines is 1. The number of aliphatic carboxylic acids is 1. The van der Waals surface area contributed by atoms with Crippen molar-refractivity contribution in [3.63, 3.8) is 0 Å². The van der Waals surface area contributed by atoms with E-state index < -0.39 is 11.9 Å². The first-order valence-corrected chi connectivity index (χ1v) is 14.0. The summed E-state index contributed by atoms with van der Waals surface area (Å²) >= 11 is 0. The largest absolute Gasteiger partial charge is 0.497 e. The molecule has 1 aliphatic carbocycles. The van der Waals surface area contributed by atoms with E-state index in [9.17, 15) is 19.2 Å². The Hall–Kier alpha value is -4.44. The SMILES string of the molecule is C=CC1CC1C(=O)O.COC(C)(C)C.COc1ccc2c(=O)cc(-c3ccccc3)[nH]c2c1.NC(=O)C1CCCN1C=O. The van der Waals surface area contributed by atoms with Crippen molar-refractivity contribution in [3.8, 4) is 17.0 Å². The zero-order valence-corrected chi connectivity index (χ0v) is 25.5. The molecule has 1 saturated heterocycles. The number of nitrogens with two attached hydrogens (primary N) is 1. The normalized spacial score (nSPS) is 18.4. The molecule has 5 rings (SSSR count). The van der Waals surface area contributed by atoms with Crippen molar-refractivity contribution in [2.45, 2.75) is 51.7 Å². The first kappa shape index (κ1) is 34.8. The summed E-state index contributed by atoms with van der Waals surface area (Å²) in [5, 5.41) is 8.97. The van der Waals surface area contributed by atoms with E-state index in [1.165, 1.54) is 4.90 Å². The predicted octanol–water partition coefficient (Wildman–Crippen LogP) is 4.62. The number of hydrogen-bond acceptors (Lipinski definition) is 6. The number of nitrogens with zero attached hydrogens (tertiary/aromatic N) is 1.